The zero-order valence-corrected chi connectivity index (χ0v) is 6.57. The first kappa shape index (κ1) is 4.38. The third-order valence-corrected chi connectivity index (χ3v) is 15.9. The summed E-state index contributed by atoms with van der Waals surface area (Å²) >= 11 is 1.02. The van der Waals surface area contributed by atoms with Gasteiger partial charge in [0.15, 0.2) is 0 Å². The van der Waals surface area contributed by atoms with E-state index in [1.165, 1.54) is 0 Å². The van der Waals surface area contributed by atoms with Crippen LogP contribution in [-0.4, -0.2) is 25.2 Å². The third kappa shape index (κ3) is 1.40. The Morgan fingerprint density at radius 1 is 1.60 bits per heavy atom. The maximum absolute atomic E-state index is 2.37. The summed E-state index contributed by atoms with van der Waals surface area (Å²) in [5.41, 5.74) is 0. The Hall–Kier alpha value is 1.22. The molecule has 0 aliphatic carbocycles. The van der Waals surface area contributed by atoms with E-state index < -0.39 is 0 Å². The van der Waals surface area contributed by atoms with E-state index in [0.717, 1.165) is 12.7 Å². The number of hydrogen-bond acceptors (Lipinski definition) is 1. The van der Waals surface area contributed by atoms with Crippen LogP contribution in [0.1, 0.15) is 0 Å². The van der Waals surface area contributed by atoms with Crippen LogP contribution in [0.15, 0.2) is 0 Å². The molecule has 0 bridgehead atoms. The van der Waals surface area contributed by atoms with E-state index in [0.29, 0.717) is 0 Å². The summed E-state index contributed by atoms with van der Waals surface area (Å²) in [5.74, 6) is 0. The average Bonchev–Trinajstić information content (AvgIpc) is 1.76. The summed E-state index contributed by atoms with van der Waals surface area (Å²) in [4.78, 5) is 0. The van der Waals surface area contributed by atoms with Crippen LogP contribution < -0.4 is 0 Å². The maximum atomic E-state index is 2.37. The van der Waals surface area contributed by atoms with Crippen LogP contribution >= 0.6 is 16.7 Å². The van der Waals surface area contributed by atoms with Crippen LogP contribution in [0.3, 0.4) is 0 Å². The molecule has 0 aromatic heterocycles. The first-order valence-electron chi connectivity index (χ1n) is 1.32. The van der Waals surface area contributed by atoms with Crippen molar-refractivity contribution in [2.24, 2.45) is 0 Å². The second kappa shape index (κ2) is 1.09. The van der Waals surface area contributed by atoms with Crippen LogP contribution in [0.2, 0.25) is 0 Å². The van der Waals surface area contributed by atoms with Gasteiger partial charge in [0, 0.05) is 0 Å². The van der Waals surface area contributed by atoms with Gasteiger partial charge in [-0.25, -0.2) is 0 Å². The van der Waals surface area contributed by atoms with E-state index in [1.54, 1.807) is 0 Å². The molecule has 0 amide bonds. The van der Waals surface area contributed by atoms with E-state index in [2.05, 4.69) is 21.7 Å². The first-order chi connectivity index (χ1) is 2.21. The third-order valence-electron chi connectivity index (χ3n) is 0.340. The zero-order chi connectivity index (χ0) is 3.91. The number of rotatable bonds is 0. The number of hydrogen-bond donors (Lipinski definition) is 0. The normalized spacial score (nSPS) is 36.4. The van der Waals surface area contributed by atoms with Gasteiger partial charge >= 0.3 is 41.9 Å². The molecule has 5 heavy (non-hydrogen) atoms. The van der Waals surface area contributed by atoms with Crippen molar-refractivity contribution in [3.8, 4) is 0 Å². The minimum absolute atomic E-state index is 0.0625. The zero-order valence-electron chi connectivity index (χ0n) is 3.22. The van der Waals surface area contributed by atoms with Crippen LogP contribution in [-0.2, 0) is 0 Å². The topological polar surface area (TPSA) is 0 Å². The molecule has 0 aromatic carbocycles. The predicted octanol–water partition coefficient (Wildman–Crippen LogP) is 1.25. The molecule has 1 saturated heterocycles. The molecular formula is C2H6S2Se. The van der Waals surface area contributed by atoms with Gasteiger partial charge in [0.25, 0.3) is 0 Å². The molecular weight excluding hydrogens is 167 g/mol. The monoisotopic (exact) mass is 174 g/mol. The minimum atomic E-state index is 0.0625. The molecule has 1 aliphatic heterocycles. The van der Waals surface area contributed by atoms with Crippen molar-refractivity contribution in [2.45, 2.75) is 0 Å². The second-order valence-electron chi connectivity index (χ2n) is 1.28. The van der Waals surface area contributed by atoms with Crippen molar-refractivity contribution in [2.75, 3.05) is 12.5 Å². The molecule has 1 fully saturated rings. The van der Waals surface area contributed by atoms with Gasteiger partial charge in [-0.2, -0.15) is 0 Å². The van der Waals surface area contributed by atoms with Crippen LogP contribution in [0.25, 0.3) is 0 Å². The molecule has 0 N–H and O–H groups in total. The Labute approximate surface area is 42.1 Å². The van der Waals surface area contributed by atoms with Crippen LogP contribution in [0.5, 0.6) is 0 Å². The summed E-state index contributed by atoms with van der Waals surface area (Å²) < 4.78 is 0. The summed E-state index contributed by atoms with van der Waals surface area (Å²) in [6.45, 7) is 0. The molecule has 0 unspecified atom stereocenters. The van der Waals surface area contributed by atoms with Gasteiger partial charge < -0.3 is 0 Å². The summed E-state index contributed by atoms with van der Waals surface area (Å²) in [7, 11) is 2.23. The van der Waals surface area contributed by atoms with Crippen molar-refractivity contribution in [1.82, 2.24) is 0 Å². The van der Waals surface area contributed by atoms with Crippen molar-refractivity contribution in [1.29, 1.82) is 0 Å². The molecule has 0 atom stereocenters. The fourth-order valence-electron chi connectivity index (χ4n) is 0.0556. The summed E-state index contributed by atoms with van der Waals surface area (Å²) in [6.07, 6.45) is 4.75. The summed E-state index contributed by atoms with van der Waals surface area (Å²) in [6, 6.07) is 0. The van der Waals surface area contributed by atoms with Crippen LogP contribution in [0, 0.1) is 0 Å². The van der Waals surface area contributed by atoms with E-state index >= 15 is 0 Å². The van der Waals surface area contributed by atoms with Crippen molar-refractivity contribution >= 4 is 29.4 Å². The molecule has 0 radical (unpaired) electrons. The molecule has 0 nitrogen and oxygen atoms in total. The van der Waals surface area contributed by atoms with Gasteiger partial charge in [-0.05, 0) is 0 Å². The van der Waals surface area contributed by atoms with Gasteiger partial charge in [0.1, 0.15) is 0 Å². The standard InChI is InChI=1S/C2H6S2Se/c1-4(2)3-5-4/h1-2H3. The Morgan fingerprint density at radius 2 is 1.80 bits per heavy atom. The molecule has 0 spiro atoms. The Balaban J connectivity index is 2.38. The predicted molar refractivity (Wildman–Crippen MR) is 32.8 cm³/mol. The van der Waals surface area contributed by atoms with E-state index in [1.807, 2.05) is 0 Å². The van der Waals surface area contributed by atoms with E-state index in [-0.39, 0.29) is 7.48 Å². The Bertz CT molecular complexity index is 45.6. The van der Waals surface area contributed by atoms with Crippen molar-refractivity contribution in [3.05, 3.63) is 0 Å². The molecule has 1 aliphatic rings. The SMILES string of the molecule is CS1(C)S[Se]1. The van der Waals surface area contributed by atoms with Gasteiger partial charge in [-0.1, -0.05) is 0 Å². The first-order valence-corrected chi connectivity index (χ1v) is 9.15. The van der Waals surface area contributed by atoms with Crippen LogP contribution in [0.4, 0.5) is 0 Å². The van der Waals surface area contributed by atoms with Gasteiger partial charge in [0.05, 0.1) is 0 Å². The van der Waals surface area contributed by atoms with Gasteiger partial charge in [-0.15, -0.1) is 0 Å². The van der Waals surface area contributed by atoms with Crippen molar-refractivity contribution < 1.29 is 0 Å². The molecule has 1 rings (SSSR count). The summed E-state index contributed by atoms with van der Waals surface area (Å²) in [5, 5.41) is 0. The molecule has 3 heteroatoms. The second-order valence-corrected chi connectivity index (χ2v) is 19.0. The fourth-order valence-corrected chi connectivity index (χ4v) is 7.79. The molecule has 0 aromatic rings. The van der Waals surface area contributed by atoms with E-state index in [9.17, 15) is 0 Å². The van der Waals surface area contributed by atoms with E-state index in [4.69, 9.17) is 0 Å². The molecule has 32 valence electrons. The quantitative estimate of drug-likeness (QED) is 0.302. The molecule has 1 heterocycles. The average molecular weight is 173 g/mol. The Morgan fingerprint density at radius 3 is 1.80 bits per heavy atom. The fraction of sp³-hybridized carbons (Fsp3) is 1.00. The van der Waals surface area contributed by atoms with Crippen molar-refractivity contribution in [3.63, 3.8) is 0 Å². The van der Waals surface area contributed by atoms with Gasteiger partial charge in [-0.3, -0.25) is 0 Å². The van der Waals surface area contributed by atoms with Gasteiger partial charge in [0.2, 0.25) is 0 Å². The Kier molecular flexibility index (Phi) is 0.958. The molecule has 0 saturated carbocycles.